The molecule has 0 radical (unpaired) electrons. The van der Waals surface area contributed by atoms with Crippen molar-refractivity contribution in [1.29, 1.82) is 0 Å². The van der Waals surface area contributed by atoms with E-state index in [1.807, 2.05) is 0 Å². The van der Waals surface area contributed by atoms with Crippen molar-refractivity contribution >= 4 is 17.6 Å². The number of anilines is 1. The van der Waals surface area contributed by atoms with Crippen molar-refractivity contribution in [3.05, 3.63) is 34.8 Å². The standard InChI is InChI=1S/C10H6FNO3/c11-7-2-1-5-3-6(4-13)12-9(5)8(7)10(14)15/h1-2,12H,3H2,(H,14,15). The SMILES string of the molecule is O=C=C1Cc2ccc(F)c(C(=O)O)c2N1. The third-order valence-corrected chi connectivity index (χ3v) is 2.22. The number of carbonyl (C=O) groups is 1. The molecule has 0 aromatic heterocycles. The minimum absolute atomic E-state index is 0.154. The molecule has 0 unspecified atom stereocenters. The van der Waals surface area contributed by atoms with Crippen molar-refractivity contribution in [2.24, 2.45) is 0 Å². The highest BCUT2D eigenvalue weighted by Crippen LogP contribution is 2.31. The van der Waals surface area contributed by atoms with E-state index in [1.165, 1.54) is 6.07 Å². The Hall–Kier alpha value is -2.13. The molecule has 0 saturated heterocycles. The lowest BCUT2D eigenvalue weighted by Crippen LogP contribution is -2.05. The van der Waals surface area contributed by atoms with E-state index >= 15 is 0 Å². The van der Waals surface area contributed by atoms with Crippen molar-refractivity contribution in [2.75, 3.05) is 5.32 Å². The molecule has 2 rings (SSSR count). The number of rotatable bonds is 1. The number of hydrogen-bond acceptors (Lipinski definition) is 3. The molecule has 76 valence electrons. The largest absolute Gasteiger partial charge is 0.478 e. The average Bonchev–Trinajstić information content (AvgIpc) is 2.59. The maximum atomic E-state index is 13.2. The highest BCUT2D eigenvalue weighted by molar-refractivity contribution is 5.97. The van der Waals surface area contributed by atoms with E-state index in [2.05, 4.69) is 5.32 Å². The molecular formula is C10H6FNO3. The molecule has 0 aliphatic carbocycles. The van der Waals surface area contributed by atoms with Crippen LogP contribution in [0.2, 0.25) is 0 Å². The summed E-state index contributed by atoms with van der Waals surface area (Å²) in [5.74, 6) is -0.539. The van der Waals surface area contributed by atoms with E-state index in [4.69, 9.17) is 5.11 Å². The summed E-state index contributed by atoms with van der Waals surface area (Å²) >= 11 is 0. The zero-order valence-electron chi connectivity index (χ0n) is 7.50. The zero-order chi connectivity index (χ0) is 11.0. The zero-order valence-corrected chi connectivity index (χ0v) is 7.50. The van der Waals surface area contributed by atoms with Crippen LogP contribution in [-0.4, -0.2) is 17.0 Å². The molecule has 1 heterocycles. The van der Waals surface area contributed by atoms with Gasteiger partial charge in [0.25, 0.3) is 0 Å². The van der Waals surface area contributed by atoms with Crippen molar-refractivity contribution in [3.8, 4) is 0 Å². The van der Waals surface area contributed by atoms with E-state index in [0.29, 0.717) is 5.56 Å². The summed E-state index contributed by atoms with van der Waals surface area (Å²) in [6.45, 7) is 0. The van der Waals surface area contributed by atoms with Gasteiger partial charge in [0.15, 0.2) is 0 Å². The smallest absolute Gasteiger partial charge is 0.340 e. The van der Waals surface area contributed by atoms with Gasteiger partial charge in [-0.05, 0) is 11.6 Å². The molecule has 4 nitrogen and oxygen atoms in total. The molecule has 1 aliphatic rings. The van der Waals surface area contributed by atoms with Gasteiger partial charge >= 0.3 is 5.97 Å². The molecule has 15 heavy (non-hydrogen) atoms. The van der Waals surface area contributed by atoms with Crippen LogP contribution >= 0.6 is 0 Å². The summed E-state index contributed by atoms with van der Waals surface area (Å²) in [6.07, 6.45) is 0.263. The van der Waals surface area contributed by atoms with E-state index in [0.717, 1.165) is 6.07 Å². The van der Waals surface area contributed by atoms with Gasteiger partial charge in [-0.15, -0.1) is 0 Å². The lowest BCUT2D eigenvalue weighted by atomic mass is 10.1. The van der Waals surface area contributed by atoms with Crippen LogP contribution in [0.4, 0.5) is 10.1 Å². The summed E-state index contributed by atoms with van der Waals surface area (Å²) in [5.41, 5.74) is 0.531. The Bertz CT molecular complexity index is 504. The Morgan fingerprint density at radius 3 is 2.87 bits per heavy atom. The van der Waals surface area contributed by atoms with Gasteiger partial charge < -0.3 is 10.4 Å². The normalized spacial score (nSPS) is 13.0. The lowest BCUT2D eigenvalue weighted by molar-refractivity contribution is 0.0693. The fourth-order valence-electron chi connectivity index (χ4n) is 1.57. The van der Waals surface area contributed by atoms with E-state index in [9.17, 15) is 14.0 Å². The fourth-order valence-corrected chi connectivity index (χ4v) is 1.57. The fraction of sp³-hybridized carbons (Fsp3) is 0.100. The number of fused-ring (bicyclic) bond motifs is 1. The van der Waals surface area contributed by atoms with Crippen molar-refractivity contribution in [3.63, 3.8) is 0 Å². The first-order chi connectivity index (χ1) is 7.13. The molecule has 1 aliphatic heterocycles. The van der Waals surface area contributed by atoms with Gasteiger partial charge in [-0.2, -0.15) is 0 Å². The average molecular weight is 207 g/mol. The van der Waals surface area contributed by atoms with Crippen LogP contribution in [0.15, 0.2) is 17.8 Å². The van der Waals surface area contributed by atoms with Crippen LogP contribution in [0, 0.1) is 5.82 Å². The number of carbonyl (C=O) groups excluding carboxylic acids is 1. The Balaban J connectivity index is 2.64. The molecule has 0 saturated carbocycles. The van der Waals surface area contributed by atoms with Crippen LogP contribution in [0.25, 0.3) is 0 Å². The number of carboxylic acid groups (broad SMARTS) is 1. The summed E-state index contributed by atoms with van der Waals surface area (Å²) in [5, 5.41) is 11.3. The molecule has 1 aromatic carbocycles. The van der Waals surface area contributed by atoms with Gasteiger partial charge in [-0.25, -0.2) is 14.0 Å². The molecule has 0 fully saturated rings. The second-order valence-electron chi connectivity index (χ2n) is 3.14. The minimum Gasteiger partial charge on any atom is -0.478 e. The number of allylic oxidation sites excluding steroid dienone is 1. The van der Waals surface area contributed by atoms with Gasteiger partial charge in [0.1, 0.15) is 23.0 Å². The Labute approximate surface area is 84.0 Å². The van der Waals surface area contributed by atoms with Crippen molar-refractivity contribution < 1.29 is 19.1 Å². The maximum absolute atomic E-state index is 13.2. The summed E-state index contributed by atoms with van der Waals surface area (Å²) in [7, 11) is 0. The predicted octanol–water partition coefficient (Wildman–Crippen LogP) is 1.21. The maximum Gasteiger partial charge on any atom is 0.340 e. The molecule has 0 atom stereocenters. The predicted molar refractivity (Wildman–Crippen MR) is 49.9 cm³/mol. The van der Waals surface area contributed by atoms with Crippen molar-refractivity contribution in [2.45, 2.75) is 6.42 Å². The number of aromatic carboxylic acids is 1. The number of benzene rings is 1. The summed E-state index contributed by atoms with van der Waals surface area (Å²) in [4.78, 5) is 21.2. The molecule has 1 aromatic rings. The first-order valence-electron chi connectivity index (χ1n) is 4.19. The topological polar surface area (TPSA) is 66.4 Å². The van der Waals surface area contributed by atoms with Gasteiger partial charge in [0.2, 0.25) is 0 Å². The second-order valence-corrected chi connectivity index (χ2v) is 3.14. The third-order valence-electron chi connectivity index (χ3n) is 2.22. The number of carboxylic acids is 1. The molecule has 0 spiro atoms. The second kappa shape index (κ2) is 3.22. The third kappa shape index (κ3) is 1.39. The molecule has 5 heteroatoms. The van der Waals surface area contributed by atoms with Crippen LogP contribution in [0.3, 0.4) is 0 Å². The van der Waals surface area contributed by atoms with Gasteiger partial charge in [-0.1, -0.05) is 6.07 Å². The number of halogens is 1. The highest BCUT2D eigenvalue weighted by Gasteiger charge is 2.25. The number of nitrogens with one attached hydrogen (secondary N) is 1. The lowest BCUT2D eigenvalue weighted by Gasteiger charge is -2.04. The molecule has 0 amide bonds. The van der Waals surface area contributed by atoms with Gasteiger partial charge in [0.05, 0.1) is 5.69 Å². The molecule has 2 N–H and O–H groups in total. The summed E-state index contributed by atoms with van der Waals surface area (Å²) in [6, 6.07) is 2.53. The van der Waals surface area contributed by atoms with Crippen molar-refractivity contribution in [1.82, 2.24) is 0 Å². The quantitative estimate of drug-likeness (QED) is 0.679. The van der Waals surface area contributed by atoms with E-state index in [1.54, 1.807) is 5.94 Å². The monoisotopic (exact) mass is 207 g/mol. The van der Waals surface area contributed by atoms with E-state index in [-0.39, 0.29) is 17.8 Å². The first kappa shape index (κ1) is 9.43. The molecular weight excluding hydrogens is 201 g/mol. The van der Waals surface area contributed by atoms with Crippen LogP contribution in [-0.2, 0) is 11.2 Å². The summed E-state index contributed by atoms with van der Waals surface area (Å²) < 4.78 is 13.2. The Morgan fingerprint density at radius 1 is 1.53 bits per heavy atom. The highest BCUT2D eigenvalue weighted by atomic mass is 19.1. The van der Waals surface area contributed by atoms with Crippen LogP contribution in [0.5, 0.6) is 0 Å². The minimum atomic E-state index is -1.36. The Kier molecular flexibility index (Phi) is 2.02. The van der Waals surface area contributed by atoms with Crippen LogP contribution < -0.4 is 5.32 Å². The van der Waals surface area contributed by atoms with Gasteiger partial charge in [0, 0.05) is 6.42 Å². The first-order valence-corrected chi connectivity index (χ1v) is 4.19. The number of hydrogen-bond donors (Lipinski definition) is 2. The Morgan fingerprint density at radius 2 is 2.27 bits per heavy atom. The van der Waals surface area contributed by atoms with E-state index < -0.39 is 17.3 Å². The van der Waals surface area contributed by atoms with Gasteiger partial charge in [-0.3, -0.25) is 0 Å². The van der Waals surface area contributed by atoms with Crippen LogP contribution in [0.1, 0.15) is 15.9 Å². The molecule has 0 bridgehead atoms.